The Balaban J connectivity index is 1.77. The highest BCUT2D eigenvalue weighted by atomic mass is 35.5. The number of anilines is 2. The first-order chi connectivity index (χ1) is 14.1. The van der Waals surface area contributed by atoms with E-state index < -0.39 is 21.8 Å². The first-order valence-corrected chi connectivity index (χ1v) is 11.2. The van der Waals surface area contributed by atoms with Crippen LogP contribution in [0, 0.1) is 0 Å². The number of amides is 1. The lowest BCUT2D eigenvalue weighted by Crippen LogP contribution is -2.13. The topological polar surface area (TPSA) is 111 Å². The van der Waals surface area contributed by atoms with Gasteiger partial charge in [-0.15, -0.1) is 0 Å². The van der Waals surface area contributed by atoms with Crippen LogP contribution in [0.3, 0.4) is 0 Å². The number of hydrogen-bond donors (Lipinski definition) is 2. The number of nitrogens with one attached hydrogen (secondary N) is 1. The van der Waals surface area contributed by atoms with Crippen molar-refractivity contribution >= 4 is 38.9 Å². The largest absolute Gasteiger partial charge is 0.482 e. The molecule has 0 aliphatic heterocycles. The molecule has 0 saturated heterocycles. The molecule has 0 bridgehead atoms. The highest BCUT2D eigenvalue weighted by Gasteiger charge is 2.14. The van der Waals surface area contributed by atoms with Gasteiger partial charge in [-0.3, -0.25) is 4.79 Å². The maximum absolute atomic E-state index is 12.6. The van der Waals surface area contributed by atoms with Gasteiger partial charge in [-0.1, -0.05) is 29.8 Å². The van der Waals surface area contributed by atoms with Crippen LogP contribution in [0.1, 0.15) is 28.9 Å². The quantitative estimate of drug-likeness (QED) is 0.590. The number of sulfone groups is 1. The summed E-state index contributed by atoms with van der Waals surface area (Å²) >= 11 is 5.94. The van der Waals surface area contributed by atoms with Crippen LogP contribution in [0.2, 0.25) is 5.02 Å². The number of nitrogen functional groups attached to an aromatic ring is 1. The van der Waals surface area contributed by atoms with E-state index in [1.54, 1.807) is 30.3 Å². The van der Waals surface area contributed by atoms with E-state index in [1.807, 2.05) is 13.0 Å². The van der Waals surface area contributed by atoms with Gasteiger partial charge in [0.05, 0.1) is 9.92 Å². The lowest BCUT2D eigenvalue weighted by molar-refractivity contribution is 0.102. The number of nitrogens with two attached hydrogens (primary N) is 1. The van der Waals surface area contributed by atoms with Gasteiger partial charge in [0, 0.05) is 29.8 Å². The zero-order valence-corrected chi connectivity index (χ0v) is 17.9. The predicted octanol–water partition coefficient (Wildman–Crippen LogP) is 4.11. The van der Waals surface area contributed by atoms with Crippen LogP contribution in [0.25, 0.3) is 0 Å². The predicted molar refractivity (Wildman–Crippen MR) is 117 cm³/mol. The molecule has 1 atom stereocenters. The highest BCUT2D eigenvalue weighted by molar-refractivity contribution is 7.90. The second kappa shape index (κ2) is 8.73. The third-order valence-electron chi connectivity index (χ3n) is 4.29. The number of aromatic nitrogens is 1. The average molecular weight is 446 g/mol. The Labute approximate surface area is 179 Å². The molecule has 3 N–H and O–H groups in total. The zero-order valence-electron chi connectivity index (χ0n) is 16.3. The van der Waals surface area contributed by atoms with E-state index in [9.17, 15) is 13.2 Å². The molecule has 9 heteroatoms. The molecule has 0 spiro atoms. The van der Waals surface area contributed by atoms with Crippen LogP contribution < -0.4 is 15.8 Å². The van der Waals surface area contributed by atoms with Gasteiger partial charge >= 0.3 is 0 Å². The van der Waals surface area contributed by atoms with Crippen molar-refractivity contribution in [2.75, 3.05) is 17.3 Å². The summed E-state index contributed by atoms with van der Waals surface area (Å²) in [4.78, 5) is 16.6. The fourth-order valence-electron chi connectivity index (χ4n) is 2.72. The van der Waals surface area contributed by atoms with Gasteiger partial charge in [0.2, 0.25) is 0 Å². The molecule has 0 radical (unpaired) electrons. The smallest absolute Gasteiger partial charge is 0.255 e. The fraction of sp³-hybridized carbons (Fsp3) is 0.143. The Hall–Kier alpha value is -3.10. The molecule has 3 aromatic rings. The van der Waals surface area contributed by atoms with Crippen molar-refractivity contribution in [3.05, 3.63) is 76.9 Å². The minimum Gasteiger partial charge on any atom is -0.482 e. The molecule has 0 aliphatic carbocycles. The molecule has 3 rings (SSSR count). The highest BCUT2D eigenvalue weighted by Crippen LogP contribution is 2.29. The van der Waals surface area contributed by atoms with E-state index in [1.165, 1.54) is 24.4 Å². The second-order valence-corrected chi connectivity index (χ2v) is 9.13. The number of hydrogen-bond acceptors (Lipinski definition) is 6. The van der Waals surface area contributed by atoms with Crippen LogP contribution in [0.4, 0.5) is 11.5 Å². The molecule has 0 fully saturated rings. The lowest BCUT2D eigenvalue weighted by atomic mass is 10.1. The maximum Gasteiger partial charge on any atom is 0.255 e. The zero-order chi connectivity index (χ0) is 21.9. The van der Waals surface area contributed by atoms with Crippen LogP contribution in [0.15, 0.2) is 65.7 Å². The van der Waals surface area contributed by atoms with Crippen molar-refractivity contribution in [2.24, 2.45) is 0 Å². The molecule has 0 saturated carbocycles. The number of rotatable bonds is 6. The monoisotopic (exact) mass is 445 g/mol. The number of ether oxygens (including phenoxy) is 1. The average Bonchev–Trinajstić information content (AvgIpc) is 2.70. The van der Waals surface area contributed by atoms with Crippen LogP contribution in [-0.2, 0) is 9.84 Å². The van der Waals surface area contributed by atoms with Crippen LogP contribution in [-0.4, -0.2) is 25.6 Å². The van der Waals surface area contributed by atoms with E-state index in [2.05, 4.69) is 10.3 Å². The van der Waals surface area contributed by atoms with Crippen LogP contribution >= 0.6 is 11.6 Å². The molecule has 30 heavy (non-hydrogen) atoms. The number of carbonyl (C=O) groups excluding carboxylic acids is 1. The Morgan fingerprint density at radius 3 is 2.63 bits per heavy atom. The molecular weight excluding hydrogens is 426 g/mol. The van der Waals surface area contributed by atoms with Gasteiger partial charge in [-0.2, -0.15) is 0 Å². The molecule has 1 unspecified atom stereocenters. The summed E-state index contributed by atoms with van der Waals surface area (Å²) in [6.45, 7) is 1.83. The van der Waals surface area contributed by atoms with E-state index in [0.29, 0.717) is 16.5 Å². The van der Waals surface area contributed by atoms with Crippen molar-refractivity contribution in [2.45, 2.75) is 17.9 Å². The van der Waals surface area contributed by atoms with Gasteiger partial charge in [-0.25, -0.2) is 13.4 Å². The Morgan fingerprint density at radius 1 is 1.17 bits per heavy atom. The summed E-state index contributed by atoms with van der Waals surface area (Å²) in [6.07, 6.45) is 2.14. The Bertz CT molecular complexity index is 1200. The third-order valence-corrected chi connectivity index (χ3v) is 5.61. The molecular formula is C21H20ClN3O4S. The maximum atomic E-state index is 12.6. The normalized spacial score (nSPS) is 12.2. The van der Waals surface area contributed by atoms with Crippen molar-refractivity contribution in [3.63, 3.8) is 0 Å². The number of carbonyl (C=O) groups is 1. The number of benzene rings is 2. The molecule has 1 aromatic heterocycles. The summed E-state index contributed by atoms with van der Waals surface area (Å²) in [7, 11) is -3.41. The summed E-state index contributed by atoms with van der Waals surface area (Å²) in [5, 5.41) is 3.18. The van der Waals surface area contributed by atoms with Gasteiger partial charge in [0.1, 0.15) is 6.10 Å². The summed E-state index contributed by atoms with van der Waals surface area (Å²) < 4.78 is 29.3. The van der Waals surface area contributed by atoms with E-state index in [4.69, 9.17) is 22.1 Å². The minimum absolute atomic E-state index is 0.0821. The van der Waals surface area contributed by atoms with Gasteiger partial charge in [0.25, 0.3) is 5.91 Å². The van der Waals surface area contributed by atoms with E-state index >= 15 is 0 Å². The van der Waals surface area contributed by atoms with E-state index in [0.717, 1.165) is 11.8 Å². The van der Waals surface area contributed by atoms with Gasteiger partial charge < -0.3 is 15.8 Å². The van der Waals surface area contributed by atoms with Gasteiger partial charge in [-0.05, 0) is 42.8 Å². The van der Waals surface area contributed by atoms with E-state index in [-0.39, 0.29) is 16.3 Å². The molecule has 1 amide bonds. The molecule has 0 aliphatic rings. The first kappa shape index (κ1) is 21.6. The van der Waals surface area contributed by atoms with Crippen molar-refractivity contribution < 1.29 is 17.9 Å². The number of pyridine rings is 1. The molecule has 1 heterocycles. The molecule has 2 aromatic carbocycles. The van der Waals surface area contributed by atoms with Crippen molar-refractivity contribution in [1.82, 2.24) is 4.98 Å². The molecule has 7 nitrogen and oxygen atoms in total. The van der Waals surface area contributed by atoms with Gasteiger partial charge in [0.15, 0.2) is 21.4 Å². The van der Waals surface area contributed by atoms with Crippen LogP contribution in [0.5, 0.6) is 5.75 Å². The first-order valence-electron chi connectivity index (χ1n) is 8.92. The standard InChI is InChI=1S/C21H20ClN3O4S/c1-13(29-19-11-16(22)12-24-20(19)23)14-5-3-7-17(9-14)25-21(26)15-6-4-8-18(10-15)30(2,27)28/h3-13H,1-2H3,(H2,23,24)(H,25,26). The van der Waals surface area contributed by atoms with Crippen molar-refractivity contribution in [3.8, 4) is 5.75 Å². The summed E-state index contributed by atoms with van der Waals surface area (Å²) in [6, 6.07) is 14.6. The summed E-state index contributed by atoms with van der Waals surface area (Å²) in [5.74, 6) is 0.165. The summed E-state index contributed by atoms with van der Waals surface area (Å²) in [5.41, 5.74) is 7.39. The van der Waals surface area contributed by atoms with Crippen molar-refractivity contribution in [1.29, 1.82) is 0 Å². The Morgan fingerprint density at radius 2 is 1.90 bits per heavy atom. The SMILES string of the molecule is CC(Oc1cc(Cl)cnc1N)c1cccc(NC(=O)c2cccc(S(C)(=O)=O)c2)c1. The number of nitrogens with zero attached hydrogens (tertiary/aromatic N) is 1. The second-order valence-electron chi connectivity index (χ2n) is 6.68. The molecule has 156 valence electrons. The lowest BCUT2D eigenvalue weighted by Gasteiger charge is -2.17. The third kappa shape index (κ3) is 5.28. The number of halogens is 1. The fourth-order valence-corrected chi connectivity index (χ4v) is 3.54. The minimum atomic E-state index is -3.41. The Kier molecular flexibility index (Phi) is 6.28.